The van der Waals surface area contributed by atoms with E-state index in [1.165, 1.54) is 0 Å². The van der Waals surface area contributed by atoms with Crippen LogP contribution >= 0.6 is 0 Å². The Morgan fingerprint density at radius 1 is 1.50 bits per heavy atom. The van der Waals surface area contributed by atoms with Crippen LogP contribution in [0.25, 0.3) is 0 Å². The molecule has 0 aliphatic carbocycles. The van der Waals surface area contributed by atoms with E-state index in [0.29, 0.717) is 6.04 Å². The van der Waals surface area contributed by atoms with Crippen molar-refractivity contribution in [3.8, 4) is 0 Å². The van der Waals surface area contributed by atoms with Gasteiger partial charge < -0.3 is 15.0 Å². The maximum Gasteiger partial charge on any atom is 0.224 e. The molecule has 1 N–H and O–H groups in total. The molecule has 5 nitrogen and oxygen atoms in total. The van der Waals surface area contributed by atoms with Crippen molar-refractivity contribution in [3.05, 3.63) is 11.8 Å². The molecule has 0 spiro atoms. The average molecular weight is 250 g/mol. The van der Waals surface area contributed by atoms with Crippen molar-refractivity contribution in [1.29, 1.82) is 0 Å². The molecule has 18 heavy (non-hydrogen) atoms. The molecule has 2 heterocycles. The van der Waals surface area contributed by atoms with Crippen molar-refractivity contribution in [2.45, 2.75) is 33.2 Å². The quantitative estimate of drug-likeness (QED) is 0.883. The molecule has 1 unspecified atom stereocenters. The molecule has 1 atom stereocenters. The van der Waals surface area contributed by atoms with Crippen LogP contribution in [0.5, 0.6) is 0 Å². The van der Waals surface area contributed by atoms with Gasteiger partial charge in [-0.3, -0.25) is 0 Å². The van der Waals surface area contributed by atoms with E-state index in [2.05, 4.69) is 34.0 Å². The van der Waals surface area contributed by atoms with Crippen molar-refractivity contribution >= 4 is 11.8 Å². The maximum absolute atomic E-state index is 5.46. The third kappa shape index (κ3) is 3.10. The lowest BCUT2D eigenvalue weighted by Crippen LogP contribution is -2.44. The minimum Gasteiger partial charge on any atom is -0.377 e. The molecule has 1 aromatic heterocycles. The summed E-state index contributed by atoms with van der Waals surface area (Å²) < 4.78 is 5.46. The van der Waals surface area contributed by atoms with Gasteiger partial charge in [-0.2, -0.15) is 4.98 Å². The number of rotatable bonds is 4. The largest absolute Gasteiger partial charge is 0.377 e. The number of hydrogen-bond donors (Lipinski definition) is 1. The number of nitrogens with one attached hydrogen (secondary N) is 1. The fourth-order valence-corrected chi connectivity index (χ4v) is 2.08. The third-order valence-corrected chi connectivity index (χ3v) is 3.04. The first-order valence-electron chi connectivity index (χ1n) is 6.64. The van der Waals surface area contributed by atoms with E-state index in [1.54, 1.807) is 0 Å². The van der Waals surface area contributed by atoms with Crippen molar-refractivity contribution in [3.63, 3.8) is 0 Å². The molecule has 2 rings (SSSR count). The first-order valence-corrected chi connectivity index (χ1v) is 6.64. The molecule has 0 radical (unpaired) electrons. The molecule has 1 fully saturated rings. The van der Waals surface area contributed by atoms with E-state index < -0.39 is 0 Å². The van der Waals surface area contributed by atoms with Gasteiger partial charge in [-0.15, -0.1) is 0 Å². The highest BCUT2D eigenvalue weighted by atomic mass is 16.5. The summed E-state index contributed by atoms with van der Waals surface area (Å²) >= 11 is 0. The van der Waals surface area contributed by atoms with E-state index >= 15 is 0 Å². The Morgan fingerprint density at radius 3 is 3.06 bits per heavy atom. The summed E-state index contributed by atoms with van der Waals surface area (Å²) in [5.74, 6) is 1.72. The lowest BCUT2D eigenvalue weighted by Gasteiger charge is -2.34. The highest BCUT2D eigenvalue weighted by Crippen LogP contribution is 2.19. The topological polar surface area (TPSA) is 50.3 Å². The zero-order valence-corrected chi connectivity index (χ0v) is 11.4. The van der Waals surface area contributed by atoms with Crippen molar-refractivity contribution in [1.82, 2.24) is 9.97 Å². The fraction of sp³-hybridized carbons (Fsp3) is 0.692. The average Bonchev–Trinajstić information content (AvgIpc) is 2.36. The molecule has 100 valence electrons. The summed E-state index contributed by atoms with van der Waals surface area (Å²) in [7, 11) is 0. The van der Waals surface area contributed by atoms with Crippen LogP contribution in [-0.4, -0.2) is 42.3 Å². The lowest BCUT2D eigenvalue weighted by atomic mass is 10.2. The van der Waals surface area contributed by atoms with Gasteiger partial charge in [0.05, 0.1) is 19.3 Å². The van der Waals surface area contributed by atoms with Gasteiger partial charge in [0.2, 0.25) is 5.95 Å². The molecule has 0 aromatic carbocycles. The zero-order valence-electron chi connectivity index (χ0n) is 11.4. The Kier molecular flexibility index (Phi) is 4.36. The fourth-order valence-electron chi connectivity index (χ4n) is 2.08. The van der Waals surface area contributed by atoms with Gasteiger partial charge in [0.15, 0.2) is 0 Å². The normalized spacial score (nSPS) is 19.9. The van der Waals surface area contributed by atoms with Gasteiger partial charge in [-0.05, 0) is 20.3 Å². The Bertz CT molecular complexity index is 397. The summed E-state index contributed by atoms with van der Waals surface area (Å²) in [4.78, 5) is 11.3. The minimum atomic E-state index is 0.368. The Balaban J connectivity index is 2.18. The van der Waals surface area contributed by atoms with Crippen molar-refractivity contribution < 1.29 is 4.74 Å². The van der Waals surface area contributed by atoms with Crippen molar-refractivity contribution in [2.24, 2.45) is 0 Å². The molecule has 0 bridgehead atoms. The summed E-state index contributed by atoms with van der Waals surface area (Å²) in [5, 5.41) is 3.25. The van der Waals surface area contributed by atoms with E-state index in [1.807, 2.05) is 13.0 Å². The van der Waals surface area contributed by atoms with Crippen LogP contribution in [0.2, 0.25) is 0 Å². The van der Waals surface area contributed by atoms with Crippen LogP contribution in [0.4, 0.5) is 11.8 Å². The van der Waals surface area contributed by atoms with Gasteiger partial charge in [-0.25, -0.2) is 4.98 Å². The molecular formula is C13H22N4O. The number of morpholine rings is 1. The number of nitrogens with zero attached hydrogens (tertiary/aromatic N) is 3. The number of aromatic nitrogens is 2. The molecule has 1 aliphatic heterocycles. The van der Waals surface area contributed by atoms with Gasteiger partial charge in [0, 0.05) is 24.8 Å². The van der Waals surface area contributed by atoms with Gasteiger partial charge in [-0.1, -0.05) is 6.92 Å². The Hall–Kier alpha value is -1.36. The van der Waals surface area contributed by atoms with E-state index in [4.69, 9.17) is 4.74 Å². The van der Waals surface area contributed by atoms with E-state index in [9.17, 15) is 0 Å². The highest BCUT2D eigenvalue weighted by Gasteiger charge is 2.20. The molecule has 1 aromatic rings. The third-order valence-electron chi connectivity index (χ3n) is 3.04. The standard InChI is InChI=1S/C13H22N4O/c1-4-5-14-13-15-10(2)8-12(16-13)17-6-7-18-9-11(17)3/h8,11H,4-7,9H2,1-3H3,(H,14,15,16). The molecule has 1 aliphatic rings. The summed E-state index contributed by atoms with van der Waals surface area (Å²) in [6.45, 7) is 9.63. The highest BCUT2D eigenvalue weighted by molar-refractivity contribution is 5.45. The summed E-state index contributed by atoms with van der Waals surface area (Å²) in [6, 6.07) is 2.41. The first kappa shape index (κ1) is 13.1. The van der Waals surface area contributed by atoms with Gasteiger partial charge >= 0.3 is 0 Å². The predicted octanol–water partition coefficient (Wildman–Crippen LogP) is 1.83. The predicted molar refractivity (Wildman–Crippen MR) is 73.2 cm³/mol. The second-order valence-corrected chi connectivity index (χ2v) is 4.74. The van der Waals surface area contributed by atoms with Crippen LogP contribution in [0, 0.1) is 6.92 Å². The monoisotopic (exact) mass is 250 g/mol. The van der Waals surface area contributed by atoms with E-state index in [-0.39, 0.29) is 0 Å². The lowest BCUT2D eigenvalue weighted by molar-refractivity contribution is 0.0985. The number of ether oxygens (including phenoxy) is 1. The number of hydrogen-bond acceptors (Lipinski definition) is 5. The van der Waals surface area contributed by atoms with Gasteiger partial charge in [0.1, 0.15) is 5.82 Å². The Labute approximate surface area is 109 Å². The van der Waals surface area contributed by atoms with Crippen LogP contribution in [0.3, 0.4) is 0 Å². The minimum absolute atomic E-state index is 0.368. The second kappa shape index (κ2) is 6.00. The number of anilines is 2. The summed E-state index contributed by atoms with van der Waals surface area (Å²) in [6.07, 6.45) is 1.07. The first-order chi connectivity index (χ1) is 8.70. The maximum atomic E-state index is 5.46. The molecular weight excluding hydrogens is 228 g/mol. The van der Waals surface area contributed by atoms with Crippen LogP contribution < -0.4 is 10.2 Å². The second-order valence-electron chi connectivity index (χ2n) is 4.74. The number of aryl methyl sites for hydroxylation is 1. The summed E-state index contributed by atoms with van der Waals surface area (Å²) in [5.41, 5.74) is 0.997. The smallest absolute Gasteiger partial charge is 0.224 e. The van der Waals surface area contributed by atoms with E-state index in [0.717, 1.165) is 50.2 Å². The molecule has 1 saturated heterocycles. The van der Waals surface area contributed by atoms with Crippen molar-refractivity contribution in [2.75, 3.05) is 36.5 Å². The molecule has 5 heteroatoms. The zero-order chi connectivity index (χ0) is 13.0. The van der Waals surface area contributed by atoms with Crippen LogP contribution in [0.1, 0.15) is 26.0 Å². The Morgan fingerprint density at radius 2 is 2.33 bits per heavy atom. The molecule has 0 amide bonds. The van der Waals surface area contributed by atoms with Gasteiger partial charge in [0.25, 0.3) is 0 Å². The SMILES string of the molecule is CCCNc1nc(C)cc(N2CCOCC2C)n1. The molecule has 0 saturated carbocycles. The van der Waals surface area contributed by atoms with Crippen LogP contribution in [-0.2, 0) is 4.74 Å². The van der Waals surface area contributed by atoms with Crippen LogP contribution in [0.15, 0.2) is 6.07 Å².